The molecule has 0 unspecified atom stereocenters. The highest BCUT2D eigenvalue weighted by Crippen LogP contribution is 2.43. The summed E-state index contributed by atoms with van der Waals surface area (Å²) in [4.78, 5) is 31.1. The van der Waals surface area contributed by atoms with Gasteiger partial charge in [0.05, 0.1) is 19.1 Å². The number of amides is 3. The number of rotatable bonds is 4. The van der Waals surface area contributed by atoms with Crippen LogP contribution in [0.15, 0.2) is 48.5 Å². The molecule has 5 rings (SSSR count). The van der Waals surface area contributed by atoms with Crippen LogP contribution in [0.5, 0.6) is 5.75 Å². The minimum Gasteiger partial charge on any atom is -0.497 e. The van der Waals surface area contributed by atoms with E-state index in [0.717, 1.165) is 43.5 Å². The van der Waals surface area contributed by atoms with E-state index in [0.29, 0.717) is 6.54 Å². The van der Waals surface area contributed by atoms with E-state index in [9.17, 15) is 9.59 Å². The maximum atomic E-state index is 13.6. The summed E-state index contributed by atoms with van der Waals surface area (Å²) in [5, 5.41) is 3.10. The SMILES string of the molecule is COc1ccc([C@](C)(NC(=O)N2CCC[C@H]3C(=O)N4CCc5ccccc5[C@H]4C[C@H]32)OC)cc1. The van der Waals surface area contributed by atoms with Crippen LogP contribution in [0.1, 0.15) is 48.9 Å². The van der Waals surface area contributed by atoms with E-state index in [1.54, 1.807) is 14.2 Å². The van der Waals surface area contributed by atoms with Crippen molar-refractivity contribution in [2.24, 2.45) is 5.92 Å². The molecule has 4 atom stereocenters. The molecule has 3 aliphatic rings. The van der Waals surface area contributed by atoms with Gasteiger partial charge in [0, 0.05) is 31.8 Å². The molecular weight excluding hydrogens is 430 g/mol. The van der Waals surface area contributed by atoms with Gasteiger partial charge in [-0.1, -0.05) is 36.4 Å². The molecule has 2 fully saturated rings. The third-order valence-corrected chi connectivity index (χ3v) is 7.91. The summed E-state index contributed by atoms with van der Waals surface area (Å²) in [5.41, 5.74) is 2.36. The average Bonchev–Trinajstić information content (AvgIpc) is 2.88. The van der Waals surface area contributed by atoms with Gasteiger partial charge in [-0.05, 0) is 55.9 Å². The summed E-state index contributed by atoms with van der Waals surface area (Å²) in [6, 6.07) is 15.6. The van der Waals surface area contributed by atoms with Gasteiger partial charge < -0.3 is 24.6 Å². The van der Waals surface area contributed by atoms with E-state index >= 15 is 0 Å². The topological polar surface area (TPSA) is 71.1 Å². The lowest BCUT2D eigenvalue weighted by Crippen LogP contribution is -2.62. The number of hydrogen-bond donors (Lipinski definition) is 1. The number of piperidine rings is 2. The number of urea groups is 1. The Balaban J connectivity index is 1.39. The van der Waals surface area contributed by atoms with Crippen LogP contribution in [0.3, 0.4) is 0 Å². The Kier molecular flexibility index (Phi) is 5.98. The Labute approximate surface area is 201 Å². The molecular formula is C27H33N3O4. The van der Waals surface area contributed by atoms with E-state index in [1.165, 1.54) is 11.1 Å². The highest BCUT2D eigenvalue weighted by atomic mass is 16.5. The van der Waals surface area contributed by atoms with Crippen molar-refractivity contribution in [2.75, 3.05) is 27.3 Å². The standard InChI is InChI=1S/C27H33N3O4/c1-27(34-3,19-10-12-20(33-2)13-11-19)28-26(32)30-15-6-9-22-24(30)17-23-21-8-5-4-7-18(21)14-16-29(23)25(22)31/h4-5,7-8,10-13,22-24H,6,9,14-17H2,1-3H3,(H,28,32)/t22-,23-,24-,27-/m1/s1. The lowest BCUT2D eigenvalue weighted by molar-refractivity contribution is -0.148. The molecule has 180 valence electrons. The molecule has 3 heterocycles. The smallest absolute Gasteiger partial charge is 0.320 e. The Morgan fingerprint density at radius 2 is 1.85 bits per heavy atom. The number of fused-ring (bicyclic) bond motifs is 4. The number of carbonyl (C=O) groups excluding carboxylic acids is 2. The van der Waals surface area contributed by atoms with Crippen molar-refractivity contribution in [1.82, 2.24) is 15.1 Å². The third-order valence-electron chi connectivity index (χ3n) is 7.91. The van der Waals surface area contributed by atoms with Crippen molar-refractivity contribution < 1.29 is 19.1 Å². The molecule has 7 heteroatoms. The average molecular weight is 464 g/mol. The second kappa shape index (κ2) is 8.95. The number of hydrogen-bond acceptors (Lipinski definition) is 4. The quantitative estimate of drug-likeness (QED) is 0.700. The number of likely N-dealkylation sites (tertiary alicyclic amines) is 1. The summed E-state index contributed by atoms with van der Waals surface area (Å²) >= 11 is 0. The molecule has 2 aromatic rings. The van der Waals surface area contributed by atoms with Crippen LogP contribution in [0.2, 0.25) is 0 Å². The number of nitrogens with zero attached hydrogens (tertiary/aromatic N) is 2. The minimum absolute atomic E-state index is 0.0301. The monoisotopic (exact) mass is 463 g/mol. The van der Waals surface area contributed by atoms with E-state index < -0.39 is 5.72 Å². The van der Waals surface area contributed by atoms with Crippen molar-refractivity contribution in [1.29, 1.82) is 0 Å². The van der Waals surface area contributed by atoms with Crippen LogP contribution in [-0.4, -0.2) is 55.1 Å². The maximum Gasteiger partial charge on any atom is 0.320 e. The normalized spacial score (nSPS) is 25.5. The lowest BCUT2D eigenvalue weighted by atomic mass is 9.76. The zero-order valence-corrected chi connectivity index (χ0v) is 20.1. The summed E-state index contributed by atoms with van der Waals surface area (Å²) in [6.07, 6.45) is 3.32. The summed E-state index contributed by atoms with van der Waals surface area (Å²) < 4.78 is 11.0. The van der Waals surface area contributed by atoms with Crippen LogP contribution >= 0.6 is 0 Å². The van der Waals surface area contributed by atoms with Crippen LogP contribution in [0.4, 0.5) is 4.79 Å². The molecule has 0 spiro atoms. The number of ether oxygens (including phenoxy) is 2. The van der Waals surface area contributed by atoms with E-state index in [-0.39, 0.29) is 29.9 Å². The Morgan fingerprint density at radius 1 is 1.09 bits per heavy atom. The highest BCUT2D eigenvalue weighted by Gasteiger charge is 2.49. The van der Waals surface area contributed by atoms with Gasteiger partial charge in [-0.25, -0.2) is 4.79 Å². The lowest BCUT2D eigenvalue weighted by Gasteiger charge is -2.51. The molecule has 2 aromatic carbocycles. The minimum atomic E-state index is -1.00. The first-order chi connectivity index (χ1) is 16.4. The number of benzene rings is 2. The second-order valence-corrected chi connectivity index (χ2v) is 9.64. The largest absolute Gasteiger partial charge is 0.497 e. The Bertz CT molecular complexity index is 1070. The first-order valence-corrected chi connectivity index (χ1v) is 12.1. The third kappa shape index (κ3) is 3.82. The van der Waals surface area contributed by atoms with Crippen molar-refractivity contribution in [2.45, 2.75) is 50.4 Å². The number of nitrogens with one attached hydrogen (secondary N) is 1. The molecule has 2 saturated heterocycles. The molecule has 0 aliphatic carbocycles. The molecule has 3 aliphatic heterocycles. The second-order valence-electron chi connectivity index (χ2n) is 9.64. The van der Waals surface area contributed by atoms with E-state index in [2.05, 4.69) is 28.4 Å². The van der Waals surface area contributed by atoms with Crippen molar-refractivity contribution in [3.63, 3.8) is 0 Å². The fourth-order valence-corrected chi connectivity index (χ4v) is 5.93. The van der Waals surface area contributed by atoms with Crippen molar-refractivity contribution >= 4 is 11.9 Å². The molecule has 34 heavy (non-hydrogen) atoms. The molecule has 3 amide bonds. The predicted molar refractivity (Wildman–Crippen MR) is 128 cm³/mol. The van der Waals surface area contributed by atoms with Gasteiger partial charge in [0.15, 0.2) is 5.72 Å². The molecule has 7 nitrogen and oxygen atoms in total. The van der Waals surface area contributed by atoms with E-state index in [1.807, 2.05) is 42.2 Å². The molecule has 1 N–H and O–H groups in total. The van der Waals surface area contributed by atoms with Gasteiger partial charge >= 0.3 is 6.03 Å². The van der Waals surface area contributed by atoms with Gasteiger partial charge in [-0.15, -0.1) is 0 Å². The molecule has 0 radical (unpaired) electrons. The fraction of sp³-hybridized carbons (Fsp3) is 0.481. The number of carbonyl (C=O) groups is 2. The summed E-state index contributed by atoms with van der Waals surface area (Å²) in [5.74, 6) is 0.791. The van der Waals surface area contributed by atoms with Crippen LogP contribution in [0.25, 0.3) is 0 Å². The zero-order valence-electron chi connectivity index (χ0n) is 20.1. The summed E-state index contributed by atoms with van der Waals surface area (Å²) in [6.45, 7) is 3.24. The molecule has 0 bridgehead atoms. The van der Waals surface area contributed by atoms with Gasteiger partial charge in [0.1, 0.15) is 5.75 Å². The first-order valence-electron chi connectivity index (χ1n) is 12.1. The Morgan fingerprint density at radius 3 is 2.59 bits per heavy atom. The van der Waals surface area contributed by atoms with Crippen LogP contribution < -0.4 is 10.1 Å². The van der Waals surface area contributed by atoms with Crippen LogP contribution in [0, 0.1) is 5.92 Å². The Hall–Kier alpha value is -3.06. The molecule has 0 aromatic heterocycles. The van der Waals surface area contributed by atoms with Crippen molar-refractivity contribution in [3.8, 4) is 5.75 Å². The highest BCUT2D eigenvalue weighted by molar-refractivity contribution is 5.84. The van der Waals surface area contributed by atoms with Crippen molar-refractivity contribution in [3.05, 3.63) is 65.2 Å². The zero-order chi connectivity index (χ0) is 23.9. The van der Waals surface area contributed by atoms with E-state index in [4.69, 9.17) is 9.47 Å². The van der Waals surface area contributed by atoms with Gasteiger partial charge in [-0.3, -0.25) is 4.79 Å². The molecule has 0 saturated carbocycles. The summed E-state index contributed by atoms with van der Waals surface area (Å²) in [7, 11) is 3.21. The van der Waals surface area contributed by atoms with Gasteiger partial charge in [0.2, 0.25) is 5.91 Å². The first kappa shape index (κ1) is 22.7. The predicted octanol–water partition coefficient (Wildman–Crippen LogP) is 3.83. The van der Waals surface area contributed by atoms with Gasteiger partial charge in [0.25, 0.3) is 0 Å². The van der Waals surface area contributed by atoms with Crippen LogP contribution in [-0.2, 0) is 21.7 Å². The van der Waals surface area contributed by atoms with Gasteiger partial charge in [-0.2, -0.15) is 0 Å². The maximum absolute atomic E-state index is 13.6. The fourth-order valence-electron chi connectivity index (χ4n) is 5.93. The number of methoxy groups -OCH3 is 2.